The van der Waals surface area contributed by atoms with Crippen molar-refractivity contribution in [2.24, 2.45) is 0 Å². The molecule has 2 aromatic heterocycles. The van der Waals surface area contributed by atoms with Crippen LogP contribution in [0.5, 0.6) is 5.75 Å². The van der Waals surface area contributed by atoms with Gasteiger partial charge >= 0.3 is 12.3 Å². The first kappa shape index (κ1) is 39.0. The molecule has 0 aliphatic carbocycles. The summed E-state index contributed by atoms with van der Waals surface area (Å²) in [4.78, 5) is 51.8. The summed E-state index contributed by atoms with van der Waals surface area (Å²) < 4.78 is 72.0. The minimum absolute atomic E-state index is 0.00282. The number of halogens is 5. The Labute approximate surface area is 312 Å². The first-order valence-corrected chi connectivity index (χ1v) is 17.6. The third-order valence-corrected chi connectivity index (χ3v) is 10.0. The molecule has 3 aromatic carbocycles. The molecule has 5 aromatic rings. The molecule has 1 fully saturated rings. The van der Waals surface area contributed by atoms with Crippen LogP contribution < -0.4 is 10.3 Å². The van der Waals surface area contributed by atoms with Crippen LogP contribution in [0, 0.1) is 11.6 Å². The summed E-state index contributed by atoms with van der Waals surface area (Å²) in [6.07, 6.45) is -2.39. The lowest BCUT2D eigenvalue weighted by Gasteiger charge is -2.43. The van der Waals surface area contributed by atoms with Crippen molar-refractivity contribution in [2.45, 2.75) is 70.6 Å². The van der Waals surface area contributed by atoms with Crippen molar-refractivity contribution >= 4 is 22.9 Å². The van der Waals surface area contributed by atoms with Gasteiger partial charge in [0, 0.05) is 38.3 Å². The second kappa shape index (κ2) is 16.0. The molecule has 0 bridgehead atoms. The van der Waals surface area contributed by atoms with E-state index in [9.17, 15) is 41.4 Å². The molecule has 3 heterocycles. The average Bonchev–Trinajstić information content (AvgIpc) is 3.15. The number of alkyl halides is 3. The Balaban J connectivity index is 1.29. The number of ether oxygens (including phenoxy) is 1. The molecular weight excluding hydrogens is 725 g/mol. The molecule has 0 saturated carbocycles. The number of carbonyl (C=O) groups is 2. The number of carbonyl (C=O) groups excluding carboxylic acids is 1. The van der Waals surface area contributed by atoms with E-state index in [0.717, 1.165) is 17.2 Å². The molecule has 1 aliphatic rings. The molecule has 1 N–H and O–H groups in total. The van der Waals surface area contributed by atoms with Crippen molar-refractivity contribution < 1.29 is 41.4 Å². The fourth-order valence-electron chi connectivity index (χ4n) is 6.85. The van der Waals surface area contributed by atoms with E-state index in [1.807, 2.05) is 17.0 Å². The number of benzene rings is 3. The van der Waals surface area contributed by atoms with Crippen molar-refractivity contribution in [1.82, 2.24) is 24.3 Å². The first-order valence-electron chi connectivity index (χ1n) is 17.6. The summed E-state index contributed by atoms with van der Waals surface area (Å²) >= 11 is 0. The Morgan fingerprint density at radius 3 is 2.20 bits per heavy atom. The summed E-state index contributed by atoms with van der Waals surface area (Å²) in [7, 11) is 0. The number of piperidine rings is 1. The number of nitrogens with zero attached hydrogens (tertiary/aromatic N) is 5. The number of aliphatic carboxylic acids is 1. The van der Waals surface area contributed by atoms with Gasteiger partial charge in [-0.3, -0.25) is 19.3 Å². The highest BCUT2D eigenvalue weighted by Crippen LogP contribution is 2.29. The van der Waals surface area contributed by atoms with E-state index >= 15 is 0 Å². The van der Waals surface area contributed by atoms with Crippen LogP contribution >= 0.6 is 0 Å². The number of hydrogen-bond acceptors (Lipinski definition) is 7. The van der Waals surface area contributed by atoms with Crippen LogP contribution in [0.3, 0.4) is 0 Å². The summed E-state index contributed by atoms with van der Waals surface area (Å²) in [6.45, 7) is 3.97. The molecule has 10 nitrogen and oxygen atoms in total. The Morgan fingerprint density at radius 2 is 1.56 bits per heavy atom. The number of rotatable bonds is 12. The molecular formula is C40H38F5N5O5. The standard InChI is InChI=1S/C40H38F5N5O5/c1-39(2,38(53)54)48-21-18-29(19-22-48)49(23-25-8-10-26(11-9-25)27-12-15-30(16-13-27)55-40(43,44)45)34(51)24-50-33(17-14-28-5-3-7-32(41)35(28)42)47-37(52)31-6-4-20-46-36(31)50/h3-13,15-16,20,29H,14,17-19,21-24H2,1-2H3,(H,53,54). The van der Waals surface area contributed by atoms with Crippen LogP contribution in [0.1, 0.15) is 43.6 Å². The van der Waals surface area contributed by atoms with Gasteiger partial charge in [-0.1, -0.05) is 48.5 Å². The van der Waals surface area contributed by atoms with Gasteiger partial charge in [0.1, 0.15) is 29.3 Å². The molecule has 1 saturated heterocycles. The van der Waals surface area contributed by atoms with Gasteiger partial charge < -0.3 is 19.3 Å². The summed E-state index contributed by atoms with van der Waals surface area (Å²) in [6, 6.07) is 19.3. The SMILES string of the molecule is CC(C)(C(=O)O)N1CCC(N(Cc2ccc(-c3ccc(OC(F)(F)F)cc3)cc2)C(=O)Cn2c(CCc3cccc(F)c3F)nc(=O)c3cccnc32)CC1. The molecule has 6 rings (SSSR count). The molecule has 1 aliphatic heterocycles. The van der Waals surface area contributed by atoms with E-state index in [2.05, 4.69) is 14.7 Å². The second-order valence-corrected chi connectivity index (χ2v) is 13.9. The van der Waals surface area contributed by atoms with Crippen molar-refractivity contribution in [1.29, 1.82) is 0 Å². The highest BCUT2D eigenvalue weighted by Gasteiger charge is 2.38. The number of hydrogen-bond donors (Lipinski definition) is 1. The quantitative estimate of drug-likeness (QED) is 0.138. The number of fused-ring (bicyclic) bond motifs is 1. The molecule has 15 heteroatoms. The topological polar surface area (TPSA) is 118 Å². The normalized spacial score (nSPS) is 14.2. The summed E-state index contributed by atoms with van der Waals surface area (Å²) in [5, 5.41) is 10.0. The van der Waals surface area contributed by atoms with E-state index < -0.39 is 35.1 Å². The fraction of sp³-hybridized carbons (Fsp3) is 0.325. The number of aromatic nitrogens is 3. The zero-order valence-electron chi connectivity index (χ0n) is 30.0. The second-order valence-electron chi connectivity index (χ2n) is 13.9. The molecule has 0 atom stereocenters. The van der Waals surface area contributed by atoms with Gasteiger partial charge in [-0.15, -0.1) is 13.2 Å². The number of pyridine rings is 1. The number of aryl methyl sites for hydroxylation is 2. The zero-order valence-corrected chi connectivity index (χ0v) is 30.0. The maximum absolute atomic E-state index is 14.6. The smallest absolute Gasteiger partial charge is 0.480 e. The number of carboxylic acids is 1. The third-order valence-electron chi connectivity index (χ3n) is 10.0. The van der Waals surface area contributed by atoms with E-state index in [4.69, 9.17) is 0 Å². The van der Waals surface area contributed by atoms with Crippen LogP contribution in [-0.2, 0) is 35.5 Å². The monoisotopic (exact) mass is 763 g/mol. The Hall–Kier alpha value is -5.70. The molecule has 0 spiro atoms. The Bertz CT molecular complexity index is 2240. The summed E-state index contributed by atoms with van der Waals surface area (Å²) in [5.74, 6) is -3.48. The maximum Gasteiger partial charge on any atom is 0.573 e. The zero-order chi connectivity index (χ0) is 39.5. The number of likely N-dealkylation sites (tertiary alicyclic amines) is 1. The minimum atomic E-state index is -4.81. The lowest BCUT2D eigenvalue weighted by Crippen LogP contribution is -2.56. The molecule has 55 heavy (non-hydrogen) atoms. The Morgan fingerprint density at radius 1 is 0.909 bits per heavy atom. The van der Waals surface area contributed by atoms with Gasteiger partial charge in [-0.25, -0.2) is 13.8 Å². The van der Waals surface area contributed by atoms with Gasteiger partial charge in [0.2, 0.25) is 5.91 Å². The van der Waals surface area contributed by atoms with Gasteiger partial charge in [-0.2, -0.15) is 4.98 Å². The lowest BCUT2D eigenvalue weighted by atomic mass is 9.95. The van der Waals surface area contributed by atoms with Crippen molar-refractivity contribution in [2.75, 3.05) is 13.1 Å². The van der Waals surface area contributed by atoms with Gasteiger partial charge in [0.25, 0.3) is 5.56 Å². The highest BCUT2D eigenvalue weighted by atomic mass is 19.4. The third kappa shape index (κ3) is 8.99. The number of amides is 1. The van der Waals surface area contributed by atoms with Crippen LogP contribution in [0.25, 0.3) is 22.2 Å². The van der Waals surface area contributed by atoms with Crippen LogP contribution in [-0.4, -0.2) is 72.4 Å². The van der Waals surface area contributed by atoms with E-state index in [1.165, 1.54) is 47.2 Å². The van der Waals surface area contributed by atoms with Crippen molar-refractivity contribution in [3.63, 3.8) is 0 Å². The lowest BCUT2D eigenvalue weighted by molar-refractivity contribution is -0.274. The summed E-state index contributed by atoms with van der Waals surface area (Å²) in [5.41, 5.74) is 0.729. The largest absolute Gasteiger partial charge is 0.573 e. The van der Waals surface area contributed by atoms with Crippen LogP contribution in [0.15, 0.2) is 89.9 Å². The average molecular weight is 764 g/mol. The number of carboxylic acid groups (broad SMARTS) is 1. The Kier molecular flexibility index (Phi) is 11.3. The van der Waals surface area contributed by atoms with Crippen LogP contribution in [0.2, 0.25) is 0 Å². The van der Waals surface area contributed by atoms with E-state index in [0.29, 0.717) is 31.5 Å². The van der Waals surface area contributed by atoms with Gasteiger partial charge in [0.15, 0.2) is 11.6 Å². The molecule has 0 radical (unpaired) electrons. The molecule has 288 valence electrons. The van der Waals surface area contributed by atoms with Crippen molar-refractivity contribution in [3.8, 4) is 16.9 Å². The molecule has 0 unspecified atom stereocenters. The minimum Gasteiger partial charge on any atom is -0.480 e. The molecule has 1 amide bonds. The maximum atomic E-state index is 14.6. The fourth-order valence-corrected chi connectivity index (χ4v) is 6.85. The van der Waals surface area contributed by atoms with Crippen LogP contribution in [0.4, 0.5) is 22.0 Å². The first-order chi connectivity index (χ1) is 26.1. The predicted octanol–water partition coefficient (Wildman–Crippen LogP) is 6.78. The highest BCUT2D eigenvalue weighted by molar-refractivity contribution is 5.80. The predicted molar refractivity (Wildman–Crippen MR) is 193 cm³/mol. The van der Waals surface area contributed by atoms with Gasteiger partial charge in [-0.05, 0) is 85.7 Å². The van der Waals surface area contributed by atoms with Crippen molar-refractivity contribution in [3.05, 3.63) is 124 Å². The van der Waals surface area contributed by atoms with Gasteiger partial charge in [0.05, 0.1) is 5.39 Å². The van der Waals surface area contributed by atoms with E-state index in [1.54, 1.807) is 43.0 Å². The van der Waals surface area contributed by atoms with E-state index in [-0.39, 0.29) is 66.1 Å².